The van der Waals surface area contributed by atoms with Crippen molar-refractivity contribution < 1.29 is 18.7 Å². The Hall–Kier alpha value is -2.40. The normalized spacial score (nSPS) is 12.2. The number of aryl methyl sites for hydroxylation is 1. The molecule has 0 saturated carbocycles. The summed E-state index contributed by atoms with van der Waals surface area (Å²) in [5.74, 6) is 2.31. The second kappa shape index (κ2) is 8.62. The molecule has 0 aliphatic heterocycles. The van der Waals surface area contributed by atoms with E-state index in [-0.39, 0.29) is 11.9 Å². The van der Waals surface area contributed by atoms with E-state index in [1.54, 1.807) is 18.2 Å². The maximum atomic E-state index is 12.1. The van der Waals surface area contributed by atoms with Crippen LogP contribution in [0.4, 0.5) is 0 Å². The zero-order chi connectivity index (χ0) is 18.4. The monoisotopic (exact) mass is 363 g/mol. The lowest BCUT2D eigenvalue weighted by Crippen LogP contribution is -2.24. The molecule has 0 radical (unpaired) electrons. The zero-order valence-corrected chi connectivity index (χ0v) is 15.5. The van der Waals surface area contributed by atoms with Gasteiger partial charge in [-0.05, 0) is 56.7 Å². The Bertz CT molecular complexity index is 767. The van der Waals surface area contributed by atoms with Crippen LogP contribution in [-0.2, 0) is 4.79 Å². The van der Waals surface area contributed by atoms with Gasteiger partial charge < -0.3 is 19.2 Å². The smallest absolute Gasteiger partial charge is 0.244 e. The topological polar surface area (TPSA) is 60.7 Å². The third kappa shape index (κ3) is 5.03. The maximum Gasteiger partial charge on any atom is 0.244 e. The number of rotatable bonds is 7. The number of methoxy groups -OCH3 is 1. The first-order valence-electron chi connectivity index (χ1n) is 7.99. The summed E-state index contributed by atoms with van der Waals surface area (Å²) >= 11 is 6.20. The SMILES string of the molecule is CCOc1cc(/C=C/C(=O)NC(C)c2ccc(C)o2)cc(Cl)c1OC. The van der Waals surface area contributed by atoms with Crippen LogP contribution >= 0.6 is 11.6 Å². The van der Waals surface area contributed by atoms with Crippen LogP contribution in [0.15, 0.2) is 34.8 Å². The van der Waals surface area contributed by atoms with Crippen molar-refractivity contribution in [3.63, 3.8) is 0 Å². The molecule has 1 amide bonds. The second-order valence-electron chi connectivity index (χ2n) is 5.48. The molecule has 2 aromatic rings. The third-order valence-corrected chi connectivity index (χ3v) is 3.79. The fraction of sp³-hybridized carbons (Fsp3) is 0.316. The predicted molar refractivity (Wildman–Crippen MR) is 98.2 cm³/mol. The van der Waals surface area contributed by atoms with Crippen LogP contribution in [0.2, 0.25) is 5.02 Å². The molecule has 6 heteroatoms. The fourth-order valence-corrected chi connectivity index (χ4v) is 2.63. The minimum atomic E-state index is -0.230. The second-order valence-corrected chi connectivity index (χ2v) is 5.89. The van der Waals surface area contributed by atoms with E-state index in [9.17, 15) is 4.79 Å². The van der Waals surface area contributed by atoms with Gasteiger partial charge in [0, 0.05) is 6.08 Å². The van der Waals surface area contributed by atoms with E-state index in [1.807, 2.05) is 32.9 Å². The first kappa shape index (κ1) is 18.9. The predicted octanol–water partition coefficient (Wildman–Crippen LogP) is 4.54. The molecule has 0 aliphatic rings. The molecule has 1 N–H and O–H groups in total. The van der Waals surface area contributed by atoms with Gasteiger partial charge in [0.1, 0.15) is 11.5 Å². The van der Waals surface area contributed by atoms with Gasteiger partial charge in [-0.15, -0.1) is 0 Å². The highest BCUT2D eigenvalue weighted by Gasteiger charge is 2.12. The van der Waals surface area contributed by atoms with E-state index in [4.69, 9.17) is 25.5 Å². The molecule has 5 nitrogen and oxygen atoms in total. The number of carbonyl (C=O) groups excluding carboxylic acids is 1. The molecule has 1 heterocycles. The van der Waals surface area contributed by atoms with E-state index in [1.165, 1.54) is 13.2 Å². The zero-order valence-electron chi connectivity index (χ0n) is 14.8. The van der Waals surface area contributed by atoms with Crippen molar-refractivity contribution in [1.29, 1.82) is 0 Å². The van der Waals surface area contributed by atoms with Crippen molar-refractivity contribution in [2.24, 2.45) is 0 Å². The number of carbonyl (C=O) groups is 1. The minimum absolute atomic E-state index is 0.218. The minimum Gasteiger partial charge on any atom is -0.491 e. The summed E-state index contributed by atoms with van der Waals surface area (Å²) in [6.07, 6.45) is 3.11. The standard InChI is InChI=1S/C19H22ClNO4/c1-5-24-17-11-14(10-15(20)19(17)23-4)7-9-18(22)21-13(3)16-8-6-12(2)25-16/h6-11,13H,5H2,1-4H3,(H,21,22)/b9-7+. The highest BCUT2D eigenvalue weighted by molar-refractivity contribution is 6.32. The molecule has 25 heavy (non-hydrogen) atoms. The van der Waals surface area contributed by atoms with Crippen molar-refractivity contribution >= 4 is 23.6 Å². The van der Waals surface area contributed by atoms with Crippen molar-refractivity contribution in [3.05, 3.63) is 52.4 Å². The van der Waals surface area contributed by atoms with Gasteiger partial charge in [-0.1, -0.05) is 11.6 Å². The summed E-state index contributed by atoms with van der Waals surface area (Å²) < 4.78 is 16.3. The summed E-state index contributed by atoms with van der Waals surface area (Å²) in [4.78, 5) is 12.1. The first-order chi connectivity index (χ1) is 11.9. The van der Waals surface area contributed by atoms with Crippen LogP contribution in [0.3, 0.4) is 0 Å². The lowest BCUT2D eigenvalue weighted by Gasteiger charge is -2.12. The number of nitrogens with one attached hydrogen (secondary N) is 1. The van der Waals surface area contributed by atoms with Gasteiger partial charge in [0.2, 0.25) is 5.91 Å². The Morgan fingerprint density at radius 2 is 2.16 bits per heavy atom. The van der Waals surface area contributed by atoms with Crippen molar-refractivity contribution in [3.8, 4) is 11.5 Å². The number of amides is 1. The number of hydrogen-bond acceptors (Lipinski definition) is 4. The Kier molecular flexibility index (Phi) is 6.53. The average molecular weight is 364 g/mol. The highest BCUT2D eigenvalue weighted by atomic mass is 35.5. The Morgan fingerprint density at radius 1 is 1.40 bits per heavy atom. The lowest BCUT2D eigenvalue weighted by molar-refractivity contribution is -0.117. The third-order valence-electron chi connectivity index (χ3n) is 3.51. The van der Waals surface area contributed by atoms with E-state index in [2.05, 4.69) is 5.32 Å². The average Bonchev–Trinajstić information content (AvgIpc) is 3.00. The number of furan rings is 1. The largest absolute Gasteiger partial charge is 0.491 e. The molecule has 2 rings (SSSR count). The lowest BCUT2D eigenvalue weighted by atomic mass is 10.1. The van der Waals surface area contributed by atoms with Crippen molar-refractivity contribution in [2.75, 3.05) is 13.7 Å². The van der Waals surface area contributed by atoms with E-state index < -0.39 is 0 Å². The Labute approximate surface area is 152 Å². The molecule has 1 aromatic heterocycles. The maximum absolute atomic E-state index is 12.1. The Balaban J connectivity index is 2.08. The molecule has 0 fully saturated rings. The molecule has 0 bridgehead atoms. The number of ether oxygens (including phenoxy) is 2. The van der Waals surface area contributed by atoms with Gasteiger partial charge in [-0.2, -0.15) is 0 Å². The van der Waals surface area contributed by atoms with Crippen LogP contribution in [0.5, 0.6) is 11.5 Å². The van der Waals surface area contributed by atoms with Gasteiger partial charge in [0.25, 0.3) is 0 Å². The first-order valence-corrected chi connectivity index (χ1v) is 8.37. The van der Waals surface area contributed by atoms with Gasteiger partial charge in [-0.3, -0.25) is 4.79 Å². The molecule has 1 aromatic carbocycles. The summed E-state index contributed by atoms with van der Waals surface area (Å²) in [5, 5.41) is 3.27. The molecule has 0 aliphatic carbocycles. The van der Waals surface area contributed by atoms with Gasteiger partial charge in [0.15, 0.2) is 11.5 Å². The van der Waals surface area contributed by atoms with Crippen LogP contribution in [0.25, 0.3) is 6.08 Å². The van der Waals surface area contributed by atoms with Crippen molar-refractivity contribution in [2.45, 2.75) is 26.8 Å². The van der Waals surface area contributed by atoms with Crippen LogP contribution in [0.1, 0.15) is 37.0 Å². The van der Waals surface area contributed by atoms with Gasteiger partial charge in [-0.25, -0.2) is 0 Å². The number of halogens is 1. The van der Waals surface area contributed by atoms with Crippen LogP contribution < -0.4 is 14.8 Å². The van der Waals surface area contributed by atoms with E-state index in [0.717, 1.165) is 11.3 Å². The molecular formula is C19H22ClNO4. The van der Waals surface area contributed by atoms with E-state index >= 15 is 0 Å². The van der Waals surface area contributed by atoms with Gasteiger partial charge >= 0.3 is 0 Å². The number of hydrogen-bond donors (Lipinski definition) is 1. The van der Waals surface area contributed by atoms with Crippen LogP contribution in [-0.4, -0.2) is 19.6 Å². The molecule has 0 saturated heterocycles. The summed E-state index contributed by atoms with van der Waals surface area (Å²) in [5.41, 5.74) is 0.742. The van der Waals surface area contributed by atoms with Crippen molar-refractivity contribution in [1.82, 2.24) is 5.32 Å². The summed E-state index contributed by atoms with van der Waals surface area (Å²) in [6, 6.07) is 6.98. The molecule has 1 unspecified atom stereocenters. The molecular weight excluding hydrogens is 342 g/mol. The van der Waals surface area contributed by atoms with Crippen LogP contribution in [0, 0.1) is 6.92 Å². The molecule has 1 atom stereocenters. The highest BCUT2D eigenvalue weighted by Crippen LogP contribution is 2.36. The number of benzene rings is 1. The summed E-state index contributed by atoms with van der Waals surface area (Å²) in [7, 11) is 1.53. The quantitative estimate of drug-likeness (QED) is 0.733. The Morgan fingerprint density at radius 3 is 2.76 bits per heavy atom. The molecule has 0 spiro atoms. The van der Waals surface area contributed by atoms with E-state index in [0.29, 0.717) is 28.9 Å². The van der Waals surface area contributed by atoms with Gasteiger partial charge in [0.05, 0.1) is 24.8 Å². The molecule has 134 valence electrons. The summed E-state index contributed by atoms with van der Waals surface area (Å²) in [6.45, 7) is 6.09. The fourth-order valence-electron chi connectivity index (χ4n) is 2.34.